The van der Waals surface area contributed by atoms with Crippen LogP contribution in [0.25, 0.3) is 21.3 Å². The standard InChI is InChI=1S/C22H21N3O3S/c1-13(20-8-9-21(29-20)14-6-4-5-7-17(14)26)25-22-15-10-18(27-2)19(28-3)11-16(15)23-12-24-22/h4-13,26H,1-3H3,(H,23,24,25). The van der Waals surface area contributed by atoms with Gasteiger partial charge in [0.25, 0.3) is 0 Å². The van der Waals surface area contributed by atoms with Gasteiger partial charge in [-0.15, -0.1) is 11.3 Å². The molecule has 0 saturated carbocycles. The smallest absolute Gasteiger partial charge is 0.162 e. The van der Waals surface area contributed by atoms with E-state index < -0.39 is 0 Å². The Bertz CT molecular complexity index is 1160. The quantitative estimate of drug-likeness (QED) is 0.454. The summed E-state index contributed by atoms with van der Waals surface area (Å²) in [5.41, 5.74) is 1.61. The van der Waals surface area contributed by atoms with Crippen LogP contribution in [0.2, 0.25) is 0 Å². The number of thiophene rings is 1. The first-order chi connectivity index (χ1) is 14.1. The minimum atomic E-state index is 0.0193. The van der Waals surface area contributed by atoms with Crippen LogP contribution >= 0.6 is 11.3 Å². The van der Waals surface area contributed by atoms with Crippen LogP contribution in [-0.2, 0) is 0 Å². The second-order valence-electron chi connectivity index (χ2n) is 6.53. The van der Waals surface area contributed by atoms with Gasteiger partial charge in [-0.25, -0.2) is 9.97 Å². The Kier molecular flexibility index (Phi) is 5.22. The Morgan fingerprint density at radius 1 is 1.00 bits per heavy atom. The summed E-state index contributed by atoms with van der Waals surface area (Å²) >= 11 is 1.64. The van der Waals surface area contributed by atoms with E-state index in [1.54, 1.807) is 31.6 Å². The van der Waals surface area contributed by atoms with Gasteiger partial charge >= 0.3 is 0 Å². The number of anilines is 1. The van der Waals surface area contributed by atoms with Gasteiger partial charge < -0.3 is 19.9 Å². The third kappa shape index (κ3) is 3.69. The number of rotatable bonds is 6. The zero-order valence-corrected chi connectivity index (χ0v) is 17.2. The zero-order valence-electron chi connectivity index (χ0n) is 16.3. The molecule has 0 radical (unpaired) electrons. The van der Waals surface area contributed by atoms with Crippen molar-refractivity contribution in [3.63, 3.8) is 0 Å². The number of methoxy groups -OCH3 is 2. The molecule has 2 heterocycles. The van der Waals surface area contributed by atoms with E-state index in [1.165, 1.54) is 6.33 Å². The van der Waals surface area contributed by atoms with Gasteiger partial charge in [-0.05, 0) is 37.3 Å². The molecule has 0 aliphatic carbocycles. The van der Waals surface area contributed by atoms with E-state index in [2.05, 4.69) is 28.3 Å². The van der Waals surface area contributed by atoms with Crippen molar-refractivity contribution in [1.29, 1.82) is 0 Å². The number of aromatic nitrogens is 2. The van der Waals surface area contributed by atoms with E-state index in [9.17, 15) is 5.11 Å². The molecule has 0 bridgehead atoms. The molecule has 4 rings (SSSR count). The fourth-order valence-corrected chi connectivity index (χ4v) is 4.23. The number of fused-ring (bicyclic) bond motifs is 1. The van der Waals surface area contributed by atoms with Gasteiger partial charge in [0, 0.05) is 26.8 Å². The first-order valence-corrected chi connectivity index (χ1v) is 9.93. The fraction of sp³-hybridized carbons (Fsp3) is 0.182. The molecule has 1 unspecified atom stereocenters. The van der Waals surface area contributed by atoms with E-state index in [0.717, 1.165) is 32.0 Å². The average molecular weight is 407 g/mol. The normalized spacial score (nSPS) is 12.0. The summed E-state index contributed by atoms with van der Waals surface area (Å²) in [6.45, 7) is 2.08. The number of para-hydroxylation sites is 1. The van der Waals surface area contributed by atoms with Crippen molar-refractivity contribution in [1.82, 2.24) is 9.97 Å². The van der Waals surface area contributed by atoms with Gasteiger partial charge in [-0.2, -0.15) is 0 Å². The lowest BCUT2D eigenvalue weighted by molar-refractivity contribution is 0.356. The van der Waals surface area contributed by atoms with Gasteiger partial charge in [0.1, 0.15) is 17.9 Å². The van der Waals surface area contributed by atoms with Crippen LogP contribution < -0.4 is 14.8 Å². The highest BCUT2D eigenvalue weighted by Crippen LogP contribution is 2.38. The number of hydrogen-bond donors (Lipinski definition) is 2. The van der Waals surface area contributed by atoms with Crippen LogP contribution in [0.3, 0.4) is 0 Å². The van der Waals surface area contributed by atoms with Gasteiger partial charge in [0.15, 0.2) is 11.5 Å². The van der Waals surface area contributed by atoms with E-state index in [-0.39, 0.29) is 11.8 Å². The summed E-state index contributed by atoms with van der Waals surface area (Å²) in [6, 6.07) is 15.2. The largest absolute Gasteiger partial charge is 0.507 e. The first kappa shape index (κ1) is 19.0. The summed E-state index contributed by atoms with van der Waals surface area (Å²) in [4.78, 5) is 10.9. The highest BCUT2D eigenvalue weighted by atomic mass is 32.1. The summed E-state index contributed by atoms with van der Waals surface area (Å²) in [7, 11) is 3.21. The number of nitrogens with one attached hydrogen (secondary N) is 1. The van der Waals surface area contributed by atoms with Crippen LogP contribution in [0.1, 0.15) is 17.8 Å². The monoisotopic (exact) mass is 407 g/mol. The van der Waals surface area contributed by atoms with Gasteiger partial charge in [0.05, 0.1) is 25.8 Å². The van der Waals surface area contributed by atoms with Gasteiger partial charge in [-0.1, -0.05) is 12.1 Å². The molecule has 0 amide bonds. The number of phenolic OH excluding ortho intramolecular Hbond substituents is 1. The lowest BCUT2D eigenvalue weighted by Gasteiger charge is -2.16. The van der Waals surface area contributed by atoms with Crippen LogP contribution in [0.5, 0.6) is 17.2 Å². The molecule has 0 aliphatic rings. The summed E-state index contributed by atoms with van der Waals surface area (Å²) in [5.74, 6) is 2.26. The van der Waals surface area contributed by atoms with Crippen LogP contribution in [0.15, 0.2) is 54.9 Å². The van der Waals surface area contributed by atoms with Crippen LogP contribution in [0.4, 0.5) is 5.82 Å². The van der Waals surface area contributed by atoms with Crippen LogP contribution in [0, 0.1) is 0 Å². The Morgan fingerprint density at radius 3 is 2.52 bits per heavy atom. The first-order valence-electron chi connectivity index (χ1n) is 9.12. The molecule has 0 aliphatic heterocycles. The highest BCUT2D eigenvalue weighted by Gasteiger charge is 2.15. The number of hydrogen-bond acceptors (Lipinski definition) is 7. The van der Waals surface area contributed by atoms with E-state index in [0.29, 0.717) is 11.5 Å². The molecule has 29 heavy (non-hydrogen) atoms. The minimum Gasteiger partial charge on any atom is -0.507 e. The number of phenols is 1. The molecule has 1 atom stereocenters. The minimum absolute atomic E-state index is 0.0193. The zero-order chi connectivity index (χ0) is 20.4. The number of nitrogens with zero attached hydrogens (tertiary/aromatic N) is 2. The second-order valence-corrected chi connectivity index (χ2v) is 7.65. The van der Waals surface area contributed by atoms with Crippen molar-refractivity contribution in [3.8, 4) is 27.7 Å². The molecule has 148 valence electrons. The molecule has 4 aromatic rings. The van der Waals surface area contributed by atoms with Crippen LogP contribution in [-0.4, -0.2) is 29.3 Å². The fourth-order valence-electron chi connectivity index (χ4n) is 3.19. The maximum Gasteiger partial charge on any atom is 0.162 e. The number of ether oxygens (including phenoxy) is 2. The third-order valence-electron chi connectivity index (χ3n) is 4.72. The van der Waals surface area contributed by atoms with E-state index >= 15 is 0 Å². The average Bonchev–Trinajstić information content (AvgIpc) is 3.23. The third-order valence-corrected chi connectivity index (χ3v) is 6.02. The lowest BCUT2D eigenvalue weighted by atomic mass is 10.1. The SMILES string of the molecule is COc1cc2ncnc(NC(C)c3ccc(-c4ccccc4O)s3)c2cc1OC. The predicted molar refractivity (Wildman–Crippen MR) is 116 cm³/mol. The Labute approximate surface area is 172 Å². The summed E-state index contributed by atoms with van der Waals surface area (Å²) < 4.78 is 10.8. The molecular weight excluding hydrogens is 386 g/mol. The summed E-state index contributed by atoms with van der Waals surface area (Å²) in [6.07, 6.45) is 1.53. The second kappa shape index (κ2) is 7.97. The molecule has 6 nitrogen and oxygen atoms in total. The van der Waals surface area contributed by atoms with Crippen molar-refractivity contribution < 1.29 is 14.6 Å². The summed E-state index contributed by atoms with van der Waals surface area (Å²) in [5, 5.41) is 14.4. The molecule has 2 N–H and O–H groups in total. The van der Waals surface area contributed by atoms with Gasteiger partial charge in [0.2, 0.25) is 0 Å². The maximum atomic E-state index is 10.1. The molecular formula is C22H21N3O3S. The molecule has 0 spiro atoms. The van der Waals surface area contributed by atoms with Crippen molar-refractivity contribution in [2.45, 2.75) is 13.0 Å². The van der Waals surface area contributed by atoms with Crippen molar-refractivity contribution in [3.05, 3.63) is 59.7 Å². The maximum absolute atomic E-state index is 10.1. The molecule has 7 heteroatoms. The van der Waals surface area contributed by atoms with Crippen molar-refractivity contribution in [2.24, 2.45) is 0 Å². The van der Waals surface area contributed by atoms with Gasteiger partial charge in [-0.3, -0.25) is 0 Å². The Morgan fingerprint density at radius 2 is 1.76 bits per heavy atom. The van der Waals surface area contributed by atoms with Crippen molar-refractivity contribution in [2.75, 3.05) is 19.5 Å². The van der Waals surface area contributed by atoms with Crippen molar-refractivity contribution >= 4 is 28.1 Å². The number of aromatic hydroxyl groups is 1. The number of benzene rings is 2. The van der Waals surface area contributed by atoms with E-state index in [1.807, 2.05) is 36.4 Å². The molecule has 2 aromatic heterocycles. The highest BCUT2D eigenvalue weighted by molar-refractivity contribution is 7.15. The lowest BCUT2D eigenvalue weighted by Crippen LogP contribution is -2.07. The topological polar surface area (TPSA) is 76.5 Å². The molecule has 0 fully saturated rings. The Balaban J connectivity index is 1.64. The Hall–Kier alpha value is -3.32. The molecule has 2 aromatic carbocycles. The predicted octanol–water partition coefficient (Wildman–Crippen LogP) is 5.25. The van der Waals surface area contributed by atoms with E-state index in [4.69, 9.17) is 9.47 Å². The molecule has 0 saturated heterocycles.